The topological polar surface area (TPSA) is 61.8 Å². The third-order valence-electron chi connectivity index (χ3n) is 3.26. The summed E-state index contributed by atoms with van der Waals surface area (Å²) in [6.07, 6.45) is 0.490. The second-order valence-electron chi connectivity index (χ2n) is 4.59. The van der Waals surface area contributed by atoms with Gasteiger partial charge in [-0.25, -0.2) is 0 Å². The van der Waals surface area contributed by atoms with Gasteiger partial charge in [-0.1, -0.05) is 6.92 Å². The monoisotopic (exact) mass is 230 g/mol. The van der Waals surface area contributed by atoms with Crippen LogP contribution in [-0.2, 0) is 9.53 Å². The number of methoxy groups -OCH3 is 1. The fraction of sp³-hybridized carbons (Fsp3) is 0.909. The van der Waals surface area contributed by atoms with Gasteiger partial charge in [0.1, 0.15) is 5.60 Å². The number of likely N-dealkylation sites (tertiary alicyclic amines) is 1. The minimum absolute atomic E-state index is 0.0474. The second-order valence-corrected chi connectivity index (χ2v) is 4.59. The van der Waals surface area contributed by atoms with Crippen LogP contribution in [0.1, 0.15) is 13.3 Å². The first-order valence-corrected chi connectivity index (χ1v) is 5.69. The molecule has 2 atom stereocenters. The van der Waals surface area contributed by atoms with Gasteiger partial charge in [-0.05, 0) is 13.5 Å². The number of ether oxygens (including phenoxy) is 1. The van der Waals surface area contributed by atoms with Crippen LogP contribution in [0.25, 0.3) is 0 Å². The van der Waals surface area contributed by atoms with Crippen molar-refractivity contribution in [1.29, 1.82) is 0 Å². The molecule has 0 aromatic rings. The summed E-state index contributed by atoms with van der Waals surface area (Å²) in [5, 5.41) is 13.1. The van der Waals surface area contributed by atoms with Crippen molar-refractivity contribution in [3.8, 4) is 0 Å². The third-order valence-corrected chi connectivity index (χ3v) is 3.26. The fourth-order valence-electron chi connectivity index (χ4n) is 2.07. The van der Waals surface area contributed by atoms with Crippen molar-refractivity contribution < 1.29 is 14.6 Å². The summed E-state index contributed by atoms with van der Waals surface area (Å²) >= 11 is 0. The molecule has 16 heavy (non-hydrogen) atoms. The Morgan fingerprint density at radius 1 is 1.69 bits per heavy atom. The molecule has 0 bridgehead atoms. The van der Waals surface area contributed by atoms with E-state index in [9.17, 15) is 9.90 Å². The molecule has 5 nitrogen and oxygen atoms in total. The lowest BCUT2D eigenvalue weighted by atomic mass is 9.81. The molecule has 0 aliphatic carbocycles. The molecular weight excluding hydrogens is 208 g/mol. The Bertz CT molecular complexity index is 247. The largest absolute Gasteiger partial charge is 0.383 e. The van der Waals surface area contributed by atoms with Crippen LogP contribution in [0.4, 0.5) is 0 Å². The van der Waals surface area contributed by atoms with Gasteiger partial charge in [-0.15, -0.1) is 0 Å². The highest BCUT2D eigenvalue weighted by atomic mass is 16.5. The number of hydrogen-bond donors (Lipinski definition) is 2. The molecule has 1 rings (SSSR count). The molecule has 1 saturated heterocycles. The summed E-state index contributed by atoms with van der Waals surface area (Å²) in [7, 11) is 3.58. The van der Waals surface area contributed by atoms with Gasteiger partial charge in [0.05, 0.1) is 6.61 Å². The van der Waals surface area contributed by atoms with Crippen molar-refractivity contribution in [1.82, 2.24) is 10.2 Å². The Kier molecular flexibility index (Phi) is 4.70. The quantitative estimate of drug-likeness (QED) is 0.636. The smallest absolute Gasteiger partial charge is 0.252 e. The zero-order valence-electron chi connectivity index (χ0n) is 10.3. The molecule has 0 radical (unpaired) electrons. The second kappa shape index (κ2) is 5.61. The molecule has 0 aromatic carbocycles. The van der Waals surface area contributed by atoms with E-state index in [2.05, 4.69) is 10.2 Å². The molecule has 0 aromatic heterocycles. The molecule has 0 unspecified atom stereocenters. The van der Waals surface area contributed by atoms with E-state index in [4.69, 9.17) is 4.74 Å². The number of nitrogens with one attached hydrogen (secondary N) is 1. The van der Waals surface area contributed by atoms with Crippen LogP contribution >= 0.6 is 0 Å². The number of nitrogens with zero attached hydrogens (tertiary/aromatic N) is 1. The minimum atomic E-state index is -1.22. The fourth-order valence-corrected chi connectivity index (χ4v) is 2.07. The average Bonchev–Trinajstić information content (AvgIpc) is 2.24. The van der Waals surface area contributed by atoms with Crippen LogP contribution in [0.3, 0.4) is 0 Å². The Hall–Kier alpha value is -0.650. The molecule has 1 aliphatic heterocycles. The van der Waals surface area contributed by atoms with Crippen molar-refractivity contribution in [3.63, 3.8) is 0 Å². The van der Waals surface area contributed by atoms with Crippen molar-refractivity contribution in [2.75, 3.05) is 40.4 Å². The summed E-state index contributed by atoms with van der Waals surface area (Å²) < 4.78 is 4.85. The molecule has 5 heteroatoms. The summed E-state index contributed by atoms with van der Waals surface area (Å²) in [5.74, 6) is -0.320. The maximum absolute atomic E-state index is 11.9. The first kappa shape index (κ1) is 13.4. The number of carbonyl (C=O) groups excluding carboxylic acids is 1. The highest BCUT2D eigenvalue weighted by molar-refractivity contribution is 5.85. The van der Waals surface area contributed by atoms with Gasteiger partial charge in [0.25, 0.3) is 5.91 Å². The number of hydrogen-bond acceptors (Lipinski definition) is 4. The highest BCUT2D eigenvalue weighted by Crippen LogP contribution is 2.27. The maximum atomic E-state index is 11.9. The van der Waals surface area contributed by atoms with Gasteiger partial charge in [0, 0.05) is 32.7 Å². The molecule has 1 fully saturated rings. The van der Waals surface area contributed by atoms with Crippen molar-refractivity contribution in [2.24, 2.45) is 5.92 Å². The van der Waals surface area contributed by atoms with E-state index in [1.165, 1.54) is 0 Å². The molecule has 0 spiro atoms. The zero-order chi connectivity index (χ0) is 12.2. The zero-order valence-corrected chi connectivity index (χ0v) is 10.3. The Morgan fingerprint density at radius 2 is 2.38 bits per heavy atom. The number of amides is 1. The first-order valence-electron chi connectivity index (χ1n) is 5.69. The van der Waals surface area contributed by atoms with Crippen LogP contribution in [0.15, 0.2) is 0 Å². The van der Waals surface area contributed by atoms with Crippen LogP contribution in [0, 0.1) is 5.92 Å². The first-order chi connectivity index (χ1) is 7.50. The van der Waals surface area contributed by atoms with Crippen LogP contribution in [0.5, 0.6) is 0 Å². The van der Waals surface area contributed by atoms with E-state index >= 15 is 0 Å². The molecule has 2 N–H and O–H groups in total. The van der Waals surface area contributed by atoms with Gasteiger partial charge in [-0.2, -0.15) is 0 Å². The molecule has 1 aliphatic rings. The number of aliphatic hydroxyl groups is 1. The SMILES string of the molecule is COCCNC(=O)[C@]1(O)CCN(C)C[C@H]1C. The van der Waals surface area contributed by atoms with Crippen molar-refractivity contribution >= 4 is 5.91 Å². The van der Waals surface area contributed by atoms with Gasteiger partial charge in [0.2, 0.25) is 0 Å². The van der Waals surface area contributed by atoms with Crippen LogP contribution in [0.2, 0.25) is 0 Å². The highest BCUT2D eigenvalue weighted by Gasteiger charge is 2.44. The maximum Gasteiger partial charge on any atom is 0.252 e. The molecule has 1 amide bonds. The number of piperidine rings is 1. The summed E-state index contributed by atoms with van der Waals surface area (Å²) in [6, 6.07) is 0. The van der Waals surface area contributed by atoms with Gasteiger partial charge in [-0.3, -0.25) is 4.79 Å². The van der Waals surface area contributed by atoms with E-state index in [1.807, 2.05) is 14.0 Å². The predicted molar refractivity (Wildman–Crippen MR) is 61.1 cm³/mol. The molecular formula is C11H22N2O3. The van der Waals surface area contributed by atoms with E-state index < -0.39 is 5.60 Å². The van der Waals surface area contributed by atoms with E-state index in [0.29, 0.717) is 19.6 Å². The van der Waals surface area contributed by atoms with E-state index in [1.54, 1.807) is 7.11 Å². The molecule has 94 valence electrons. The standard InChI is InChI=1S/C11H22N2O3/c1-9-8-13(2)6-4-11(9,15)10(14)12-5-7-16-3/h9,15H,4-8H2,1-3H3,(H,12,14)/t9-,11+/m1/s1. The Morgan fingerprint density at radius 3 is 2.94 bits per heavy atom. The van der Waals surface area contributed by atoms with Crippen LogP contribution < -0.4 is 5.32 Å². The average molecular weight is 230 g/mol. The Balaban J connectivity index is 2.52. The van der Waals surface area contributed by atoms with E-state index in [0.717, 1.165) is 13.1 Å². The third kappa shape index (κ3) is 2.93. The minimum Gasteiger partial charge on any atom is -0.383 e. The van der Waals surface area contributed by atoms with Gasteiger partial charge < -0.3 is 20.1 Å². The summed E-state index contributed by atoms with van der Waals surface area (Å²) in [5.41, 5.74) is -1.22. The van der Waals surface area contributed by atoms with E-state index in [-0.39, 0.29) is 11.8 Å². The summed E-state index contributed by atoms with van der Waals surface area (Å²) in [4.78, 5) is 14.0. The number of carbonyl (C=O) groups is 1. The number of rotatable bonds is 4. The predicted octanol–water partition coefficient (Wildman–Crippen LogP) is -0.548. The van der Waals surface area contributed by atoms with Gasteiger partial charge in [0.15, 0.2) is 0 Å². The van der Waals surface area contributed by atoms with Crippen LogP contribution in [-0.4, -0.2) is 61.9 Å². The summed E-state index contributed by atoms with van der Waals surface area (Å²) in [6.45, 7) is 4.31. The lowest BCUT2D eigenvalue weighted by Gasteiger charge is -2.40. The van der Waals surface area contributed by atoms with Gasteiger partial charge >= 0.3 is 0 Å². The van der Waals surface area contributed by atoms with Crippen molar-refractivity contribution in [2.45, 2.75) is 18.9 Å². The lowest BCUT2D eigenvalue weighted by molar-refractivity contribution is -0.151. The lowest BCUT2D eigenvalue weighted by Crippen LogP contribution is -2.58. The van der Waals surface area contributed by atoms with Crippen molar-refractivity contribution in [3.05, 3.63) is 0 Å². The normalized spacial score (nSPS) is 31.4. The molecule has 1 heterocycles. The molecule has 0 saturated carbocycles. The Labute approximate surface area is 96.8 Å².